The maximum absolute atomic E-state index is 5.32. The summed E-state index contributed by atoms with van der Waals surface area (Å²) >= 11 is 0. The molecule has 0 saturated carbocycles. The zero-order valence-electron chi connectivity index (χ0n) is 10.1. The third-order valence-corrected chi connectivity index (χ3v) is 3.21. The molecule has 0 aromatic carbocycles. The van der Waals surface area contributed by atoms with Crippen LogP contribution in [0.5, 0.6) is 0 Å². The van der Waals surface area contributed by atoms with Gasteiger partial charge in [-0.2, -0.15) is 0 Å². The third-order valence-electron chi connectivity index (χ3n) is 3.21. The number of hydrogen-bond donors (Lipinski definition) is 1. The summed E-state index contributed by atoms with van der Waals surface area (Å²) in [7, 11) is 0. The Kier molecular flexibility index (Phi) is 5.09. The molecule has 0 aromatic rings. The monoisotopic (exact) mass is 225 g/mol. The maximum atomic E-state index is 5.32. The van der Waals surface area contributed by atoms with Crippen molar-refractivity contribution >= 4 is 5.84 Å². The molecule has 1 N–H and O–H groups in total. The van der Waals surface area contributed by atoms with Crippen LogP contribution >= 0.6 is 0 Å². The Morgan fingerprint density at radius 3 is 2.88 bits per heavy atom. The second-order valence-electron chi connectivity index (χ2n) is 4.52. The van der Waals surface area contributed by atoms with E-state index in [4.69, 9.17) is 4.74 Å². The molecule has 4 nitrogen and oxygen atoms in total. The Hall–Kier alpha value is -0.610. The first-order chi connectivity index (χ1) is 7.95. The first-order valence-corrected chi connectivity index (χ1v) is 6.52. The summed E-state index contributed by atoms with van der Waals surface area (Å²) in [6.07, 6.45) is 4.92. The van der Waals surface area contributed by atoms with Crippen molar-refractivity contribution < 1.29 is 4.74 Å². The fourth-order valence-corrected chi connectivity index (χ4v) is 2.20. The van der Waals surface area contributed by atoms with E-state index in [1.54, 1.807) is 0 Å². The Labute approximate surface area is 98.1 Å². The van der Waals surface area contributed by atoms with E-state index in [1.165, 1.54) is 31.6 Å². The molecule has 0 spiro atoms. The zero-order chi connectivity index (χ0) is 11.1. The molecular weight excluding hydrogens is 202 g/mol. The van der Waals surface area contributed by atoms with Crippen molar-refractivity contribution in [3.63, 3.8) is 0 Å². The van der Waals surface area contributed by atoms with Crippen LogP contribution in [0.1, 0.15) is 25.7 Å². The van der Waals surface area contributed by atoms with Gasteiger partial charge in [0.15, 0.2) is 0 Å². The summed E-state index contributed by atoms with van der Waals surface area (Å²) < 4.78 is 5.32. The molecule has 0 unspecified atom stereocenters. The number of rotatable bonds is 4. The van der Waals surface area contributed by atoms with E-state index in [2.05, 4.69) is 15.2 Å². The van der Waals surface area contributed by atoms with Crippen LogP contribution < -0.4 is 5.32 Å². The number of morpholine rings is 1. The highest BCUT2D eigenvalue weighted by atomic mass is 16.5. The Bertz CT molecular complexity index is 224. The summed E-state index contributed by atoms with van der Waals surface area (Å²) in [5.74, 6) is 1.23. The van der Waals surface area contributed by atoms with E-state index in [0.717, 1.165) is 45.8 Å². The van der Waals surface area contributed by atoms with Gasteiger partial charge in [-0.05, 0) is 25.8 Å². The SMILES string of the molecule is C1CCC(NCCCN2CCOCC2)=NC1. The minimum Gasteiger partial charge on any atom is -0.379 e. The van der Waals surface area contributed by atoms with E-state index in [1.807, 2.05) is 0 Å². The number of ether oxygens (including phenoxy) is 1. The Morgan fingerprint density at radius 2 is 2.12 bits per heavy atom. The number of aliphatic imine (C=N–C) groups is 1. The minimum atomic E-state index is 0.903. The lowest BCUT2D eigenvalue weighted by Gasteiger charge is -2.26. The third kappa shape index (κ3) is 4.10. The zero-order valence-corrected chi connectivity index (χ0v) is 10.1. The van der Waals surface area contributed by atoms with Crippen molar-refractivity contribution in [3.8, 4) is 0 Å². The van der Waals surface area contributed by atoms with Crippen LogP contribution in [0.2, 0.25) is 0 Å². The van der Waals surface area contributed by atoms with Crippen LogP contribution in [-0.4, -0.2) is 56.7 Å². The molecule has 1 fully saturated rings. The first kappa shape index (κ1) is 11.9. The van der Waals surface area contributed by atoms with Crippen molar-refractivity contribution in [2.75, 3.05) is 45.9 Å². The summed E-state index contributed by atoms with van der Waals surface area (Å²) in [5.41, 5.74) is 0. The van der Waals surface area contributed by atoms with Crippen molar-refractivity contribution in [1.29, 1.82) is 0 Å². The van der Waals surface area contributed by atoms with Crippen LogP contribution in [0.25, 0.3) is 0 Å². The summed E-state index contributed by atoms with van der Waals surface area (Å²) in [5, 5.41) is 3.45. The molecule has 0 amide bonds. The first-order valence-electron chi connectivity index (χ1n) is 6.52. The topological polar surface area (TPSA) is 36.9 Å². The molecule has 0 bridgehead atoms. The lowest BCUT2D eigenvalue weighted by Crippen LogP contribution is -2.38. The van der Waals surface area contributed by atoms with E-state index < -0.39 is 0 Å². The lowest BCUT2D eigenvalue weighted by atomic mass is 10.2. The predicted octanol–water partition coefficient (Wildman–Crippen LogP) is 0.881. The standard InChI is InChI=1S/C12H23N3O/c1-2-5-13-12(4-1)14-6-3-7-15-8-10-16-11-9-15/h1-11H2,(H,13,14). The second kappa shape index (κ2) is 6.86. The highest BCUT2D eigenvalue weighted by Crippen LogP contribution is 2.04. The van der Waals surface area contributed by atoms with Crippen LogP contribution in [0.3, 0.4) is 0 Å². The molecule has 2 aliphatic heterocycles. The molecule has 4 heteroatoms. The van der Waals surface area contributed by atoms with Gasteiger partial charge in [0.05, 0.1) is 19.0 Å². The van der Waals surface area contributed by atoms with Crippen molar-refractivity contribution in [3.05, 3.63) is 0 Å². The smallest absolute Gasteiger partial charge is 0.0963 e. The van der Waals surface area contributed by atoms with Gasteiger partial charge in [0.1, 0.15) is 0 Å². The van der Waals surface area contributed by atoms with Gasteiger partial charge < -0.3 is 10.1 Å². The van der Waals surface area contributed by atoms with Crippen LogP contribution in [-0.2, 0) is 4.74 Å². The Morgan fingerprint density at radius 1 is 1.25 bits per heavy atom. The molecule has 2 rings (SSSR count). The molecule has 0 aromatic heterocycles. The van der Waals surface area contributed by atoms with Gasteiger partial charge in [0.25, 0.3) is 0 Å². The van der Waals surface area contributed by atoms with Gasteiger partial charge in [-0.25, -0.2) is 0 Å². The fourth-order valence-electron chi connectivity index (χ4n) is 2.20. The molecule has 2 aliphatic rings. The van der Waals surface area contributed by atoms with Gasteiger partial charge in [0, 0.05) is 32.6 Å². The van der Waals surface area contributed by atoms with E-state index >= 15 is 0 Å². The molecule has 1 saturated heterocycles. The molecule has 0 aliphatic carbocycles. The van der Waals surface area contributed by atoms with Gasteiger partial charge in [-0.15, -0.1) is 0 Å². The average molecular weight is 225 g/mol. The fraction of sp³-hybridized carbons (Fsp3) is 0.917. The minimum absolute atomic E-state index is 0.903. The molecule has 0 atom stereocenters. The van der Waals surface area contributed by atoms with Gasteiger partial charge in [-0.1, -0.05) is 0 Å². The highest BCUT2D eigenvalue weighted by Gasteiger charge is 2.09. The van der Waals surface area contributed by atoms with E-state index in [-0.39, 0.29) is 0 Å². The Balaban J connectivity index is 1.52. The normalized spacial score (nSPS) is 22.9. The lowest BCUT2D eigenvalue weighted by molar-refractivity contribution is 0.0376. The summed E-state index contributed by atoms with van der Waals surface area (Å²) in [4.78, 5) is 6.97. The quantitative estimate of drug-likeness (QED) is 0.722. The maximum Gasteiger partial charge on any atom is 0.0963 e. The number of nitrogens with one attached hydrogen (secondary N) is 1. The van der Waals surface area contributed by atoms with Crippen molar-refractivity contribution in [1.82, 2.24) is 10.2 Å². The molecular formula is C12H23N3O. The second-order valence-corrected chi connectivity index (χ2v) is 4.52. The van der Waals surface area contributed by atoms with Crippen molar-refractivity contribution in [2.45, 2.75) is 25.7 Å². The van der Waals surface area contributed by atoms with Crippen LogP contribution in [0.4, 0.5) is 0 Å². The number of nitrogens with zero attached hydrogens (tertiary/aromatic N) is 2. The molecule has 92 valence electrons. The van der Waals surface area contributed by atoms with Gasteiger partial charge >= 0.3 is 0 Å². The van der Waals surface area contributed by atoms with Gasteiger partial charge in [0.2, 0.25) is 0 Å². The average Bonchev–Trinajstić information content (AvgIpc) is 2.37. The predicted molar refractivity (Wildman–Crippen MR) is 66.0 cm³/mol. The molecule has 2 heterocycles. The molecule has 16 heavy (non-hydrogen) atoms. The van der Waals surface area contributed by atoms with E-state index in [9.17, 15) is 0 Å². The highest BCUT2D eigenvalue weighted by molar-refractivity contribution is 5.82. The van der Waals surface area contributed by atoms with Crippen LogP contribution in [0.15, 0.2) is 4.99 Å². The largest absolute Gasteiger partial charge is 0.379 e. The summed E-state index contributed by atoms with van der Waals surface area (Å²) in [6, 6.07) is 0. The number of hydrogen-bond acceptors (Lipinski definition) is 4. The molecule has 0 radical (unpaired) electrons. The summed E-state index contributed by atoms with van der Waals surface area (Å²) in [6.45, 7) is 7.27. The van der Waals surface area contributed by atoms with Crippen molar-refractivity contribution in [2.24, 2.45) is 4.99 Å². The van der Waals surface area contributed by atoms with Gasteiger partial charge in [-0.3, -0.25) is 9.89 Å². The number of amidine groups is 1. The van der Waals surface area contributed by atoms with Crippen LogP contribution in [0, 0.1) is 0 Å². The van der Waals surface area contributed by atoms with E-state index in [0.29, 0.717) is 0 Å².